The monoisotopic (exact) mass is 367 g/mol. The summed E-state index contributed by atoms with van der Waals surface area (Å²) in [5, 5.41) is 9.35. The maximum absolute atomic E-state index is 12.8. The van der Waals surface area contributed by atoms with E-state index in [1.807, 2.05) is 4.90 Å². The van der Waals surface area contributed by atoms with Gasteiger partial charge in [-0.3, -0.25) is 9.59 Å². The van der Waals surface area contributed by atoms with Crippen molar-refractivity contribution in [3.8, 4) is 11.5 Å². The van der Waals surface area contributed by atoms with Crippen molar-refractivity contribution >= 4 is 23.5 Å². The number of hydrogen-bond donors (Lipinski definition) is 1. The molecule has 136 valence electrons. The van der Waals surface area contributed by atoms with Gasteiger partial charge in [0.15, 0.2) is 11.5 Å². The number of hydrogen-bond acceptors (Lipinski definition) is 4. The lowest BCUT2D eigenvalue weighted by Gasteiger charge is -2.36. The van der Waals surface area contributed by atoms with Crippen LogP contribution < -0.4 is 9.47 Å². The molecule has 6 nitrogen and oxygen atoms in total. The first-order chi connectivity index (χ1) is 12.0. The van der Waals surface area contributed by atoms with Crippen molar-refractivity contribution in [3.63, 3.8) is 0 Å². The molecule has 0 radical (unpaired) electrons. The summed E-state index contributed by atoms with van der Waals surface area (Å²) in [7, 11) is 0. The second-order valence-electron chi connectivity index (χ2n) is 6.45. The molecule has 7 heteroatoms. The van der Waals surface area contributed by atoms with Crippen LogP contribution in [0, 0.1) is 0 Å². The van der Waals surface area contributed by atoms with Crippen LogP contribution in [0.2, 0.25) is 5.02 Å². The molecule has 0 saturated carbocycles. The van der Waals surface area contributed by atoms with E-state index >= 15 is 0 Å². The number of carbonyl (C=O) groups excluding carboxylic acids is 1. The number of carboxylic acid groups (broad SMARTS) is 1. The Morgan fingerprint density at radius 2 is 2.04 bits per heavy atom. The summed E-state index contributed by atoms with van der Waals surface area (Å²) in [6.07, 6.45) is 3.66. The van der Waals surface area contributed by atoms with Crippen LogP contribution in [-0.2, 0) is 16.0 Å². The predicted octanol–water partition coefficient (Wildman–Crippen LogP) is 2.90. The van der Waals surface area contributed by atoms with Crippen molar-refractivity contribution in [1.82, 2.24) is 4.90 Å². The van der Waals surface area contributed by atoms with Gasteiger partial charge in [0.2, 0.25) is 5.91 Å². The van der Waals surface area contributed by atoms with E-state index in [0.717, 1.165) is 24.8 Å². The Hall–Kier alpha value is -1.95. The summed E-state index contributed by atoms with van der Waals surface area (Å²) >= 11 is 6.23. The molecule has 0 spiro atoms. The number of benzene rings is 1. The number of ether oxygens (including phenoxy) is 2. The van der Waals surface area contributed by atoms with E-state index in [9.17, 15) is 9.59 Å². The highest BCUT2D eigenvalue weighted by Gasteiger charge is 2.27. The molecule has 1 N–H and O–H groups in total. The highest BCUT2D eigenvalue weighted by Crippen LogP contribution is 2.38. The van der Waals surface area contributed by atoms with Crippen LogP contribution in [0.4, 0.5) is 0 Å². The zero-order valence-corrected chi connectivity index (χ0v) is 14.8. The van der Waals surface area contributed by atoms with Gasteiger partial charge >= 0.3 is 5.97 Å². The van der Waals surface area contributed by atoms with E-state index < -0.39 is 5.97 Å². The molecule has 25 heavy (non-hydrogen) atoms. The van der Waals surface area contributed by atoms with E-state index in [0.29, 0.717) is 42.7 Å². The molecule has 0 aliphatic carbocycles. The summed E-state index contributed by atoms with van der Waals surface area (Å²) in [4.78, 5) is 25.4. The van der Waals surface area contributed by atoms with Crippen LogP contribution in [0.5, 0.6) is 11.5 Å². The molecule has 1 fully saturated rings. The maximum Gasteiger partial charge on any atom is 0.303 e. The van der Waals surface area contributed by atoms with E-state index in [1.54, 1.807) is 12.1 Å². The van der Waals surface area contributed by atoms with Gasteiger partial charge in [0, 0.05) is 19.0 Å². The van der Waals surface area contributed by atoms with Gasteiger partial charge in [-0.25, -0.2) is 0 Å². The molecular weight excluding hydrogens is 346 g/mol. The molecule has 1 atom stereocenters. The minimum Gasteiger partial charge on any atom is -0.486 e. The molecule has 1 aromatic carbocycles. The quantitative estimate of drug-likeness (QED) is 0.866. The van der Waals surface area contributed by atoms with Crippen molar-refractivity contribution in [2.45, 2.75) is 44.6 Å². The average Bonchev–Trinajstić information content (AvgIpc) is 2.60. The maximum atomic E-state index is 12.8. The topological polar surface area (TPSA) is 76.1 Å². The van der Waals surface area contributed by atoms with Crippen LogP contribution >= 0.6 is 11.6 Å². The zero-order chi connectivity index (χ0) is 17.8. The van der Waals surface area contributed by atoms with Gasteiger partial charge in [0.1, 0.15) is 13.2 Å². The first kappa shape index (κ1) is 17.9. The number of fused-ring (bicyclic) bond motifs is 1. The van der Waals surface area contributed by atoms with Gasteiger partial charge in [0.25, 0.3) is 0 Å². The second kappa shape index (κ2) is 7.95. The van der Waals surface area contributed by atoms with E-state index in [2.05, 4.69) is 0 Å². The van der Waals surface area contributed by atoms with Crippen LogP contribution in [0.15, 0.2) is 12.1 Å². The van der Waals surface area contributed by atoms with Gasteiger partial charge in [0.05, 0.1) is 11.4 Å². The molecule has 2 aliphatic rings. The third kappa shape index (κ3) is 4.37. The van der Waals surface area contributed by atoms with Crippen molar-refractivity contribution in [3.05, 3.63) is 22.7 Å². The molecule has 1 saturated heterocycles. The fraction of sp³-hybridized carbons (Fsp3) is 0.556. The van der Waals surface area contributed by atoms with Crippen molar-refractivity contribution in [2.75, 3.05) is 19.8 Å². The minimum absolute atomic E-state index is 0.00262. The number of likely N-dealkylation sites (tertiary alicyclic amines) is 1. The number of rotatable bonds is 5. The van der Waals surface area contributed by atoms with E-state index in [4.69, 9.17) is 26.2 Å². The first-order valence-electron chi connectivity index (χ1n) is 8.64. The largest absolute Gasteiger partial charge is 0.486 e. The molecule has 1 unspecified atom stereocenters. The highest BCUT2D eigenvalue weighted by molar-refractivity contribution is 6.32. The van der Waals surface area contributed by atoms with Gasteiger partial charge < -0.3 is 19.5 Å². The van der Waals surface area contributed by atoms with Gasteiger partial charge in [-0.05, 0) is 43.4 Å². The Morgan fingerprint density at radius 3 is 2.84 bits per heavy atom. The van der Waals surface area contributed by atoms with E-state index in [1.165, 1.54) is 0 Å². The summed E-state index contributed by atoms with van der Waals surface area (Å²) < 4.78 is 11.1. The van der Waals surface area contributed by atoms with Crippen molar-refractivity contribution < 1.29 is 24.2 Å². The summed E-state index contributed by atoms with van der Waals surface area (Å²) in [5.74, 6) is 0.281. The van der Waals surface area contributed by atoms with Gasteiger partial charge in [-0.1, -0.05) is 11.6 Å². The Kier molecular flexibility index (Phi) is 5.68. The lowest BCUT2D eigenvalue weighted by molar-refractivity contribution is -0.139. The number of aliphatic carboxylic acids is 1. The number of halogens is 1. The normalized spacial score (nSPS) is 19.6. The molecular formula is C18H22ClNO5. The van der Waals surface area contributed by atoms with Crippen LogP contribution in [0.1, 0.15) is 37.7 Å². The van der Waals surface area contributed by atoms with Crippen LogP contribution in [-0.4, -0.2) is 47.7 Å². The minimum atomic E-state index is -0.823. The van der Waals surface area contributed by atoms with Crippen molar-refractivity contribution in [1.29, 1.82) is 0 Å². The fourth-order valence-corrected chi connectivity index (χ4v) is 3.75. The third-order valence-electron chi connectivity index (χ3n) is 4.65. The lowest BCUT2D eigenvalue weighted by atomic mass is 9.97. The standard InChI is InChI=1S/C18H22ClNO5/c19-14-9-12(10-15-18(14)25-8-7-24-15)11-16(21)20-6-2-1-3-13(20)4-5-17(22)23/h9-10,13H,1-8,11H2,(H,22,23). The number of amides is 1. The predicted molar refractivity (Wildman–Crippen MR) is 92.4 cm³/mol. The molecule has 1 aromatic rings. The van der Waals surface area contributed by atoms with Crippen molar-refractivity contribution in [2.24, 2.45) is 0 Å². The van der Waals surface area contributed by atoms with Gasteiger partial charge in [-0.2, -0.15) is 0 Å². The molecule has 0 aromatic heterocycles. The SMILES string of the molecule is O=C(O)CCC1CCCCN1C(=O)Cc1cc(Cl)c2c(c1)OCCO2. The Morgan fingerprint density at radius 1 is 1.24 bits per heavy atom. The molecule has 2 heterocycles. The summed E-state index contributed by atoms with van der Waals surface area (Å²) in [6, 6.07) is 3.54. The number of carboxylic acids is 1. The molecule has 2 aliphatic heterocycles. The molecule has 1 amide bonds. The summed E-state index contributed by atoms with van der Waals surface area (Å²) in [5.41, 5.74) is 0.779. The number of piperidine rings is 1. The zero-order valence-electron chi connectivity index (χ0n) is 14.0. The highest BCUT2D eigenvalue weighted by atomic mass is 35.5. The molecule has 0 bridgehead atoms. The summed E-state index contributed by atoms with van der Waals surface area (Å²) in [6.45, 7) is 1.61. The Labute approximate surface area is 151 Å². The Bertz CT molecular complexity index is 663. The fourth-order valence-electron chi connectivity index (χ4n) is 3.46. The van der Waals surface area contributed by atoms with Crippen LogP contribution in [0.3, 0.4) is 0 Å². The van der Waals surface area contributed by atoms with E-state index in [-0.39, 0.29) is 24.8 Å². The number of nitrogens with zero attached hydrogens (tertiary/aromatic N) is 1. The van der Waals surface area contributed by atoms with Crippen LogP contribution in [0.25, 0.3) is 0 Å². The third-order valence-corrected chi connectivity index (χ3v) is 4.93. The second-order valence-corrected chi connectivity index (χ2v) is 6.85. The lowest BCUT2D eigenvalue weighted by Crippen LogP contribution is -2.44. The molecule has 3 rings (SSSR count). The Balaban J connectivity index is 1.70. The average molecular weight is 368 g/mol. The smallest absolute Gasteiger partial charge is 0.303 e. The number of carbonyl (C=O) groups is 2. The van der Waals surface area contributed by atoms with Gasteiger partial charge in [-0.15, -0.1) is 0 Å². The first-order valence-corrected chi connectivity index (χ1v) is 9.01.